The lowest BCUT2D eigenvalue weighted by molar-refractivity contribution is -0.138. The summed E-state index contributed by atoms with van der Waals surface area (Å²) in [5.74, 6) is 0.257. The predicted octanol–water partition coefficient (Wildman–Crippen LogP) is 1.91. The van der Waals surface area contributed by atoms with Gasteiger partial charge in [-0.15, -0.1) is 0 Å². The van der Waals surface area contributed by atoms with Crippen LogP contribution in [0.1, 0.15) is 33.3 Å². The first kappa shape index (κ1) is 26.1. The average molecular weight is 464 g/mol. The number of piperazine rings is 1. The molecule has 1 unspecified atom stereocenters. The van der Waals surface area contributed by atoms with Gasteiger partial charge in [-0.1, -0.05) is 0 Å². The first-order valence-electron chi connectivity index (χ1n) is 10.5. The van der Waals surface area contributed by atoms with Gasteiger partial charge in [-0.25, -0.2) is 14.8 Å². The van der Waals surface area contributed by atoms with E-state index in [1.807, 2.05) is 9.80 Å². The molecule has 2 atom stereocenters. The number of aliphatic hydroxyl groups is 1. The Balaban J connectivity index is 1.65. The van der Waals surface area contributed by atoms with Gasteiger partial charge in [0.15, 0.2) is 0 Å². The third kappa shape index (κ3) is 9.13. The minimum Gasteiger partial charge on any atom is -0.444 e. The van der Waals surface area contributed by atoms with Gasteiger partial charge >= 0.3 is 12.3 Å². The summed E-state index contributed by atoms with van der Waals surface area (Å²) in [4.78, 5) is 23.2. The van der Waals surface area contributed by atoms with Crippen LogP contribution in [0.5, 0.6) is 0 Å². The standard InChI is InChI=1S/C20H32F3N5O4/c1-14(26-18(30)32-19(2,3)4)12-31-13-16(29)11-27-5-7-28(8-6-27)17-24-9-15(10-25-17)20(21,22)23/h9-10,14,16,29H,5-8,11-13H2,1-4H3,(H,26,30)/t14-,16?/m0/s1. The van der Waals surface area contributed by atoms with Crippen LogP contribution in [0.3, 0.4) is 0 Å². The van der Waals surface area contributed by atoms with Crippen LogP contribution in [0.4, 0.5) is 23.9 Å². The van der Waals surface area contributed by atoms with Crippen molar-refractivity contribution in [3.63, 3.8) is 0 Å². The van der Waals surface area contributed by atoms with Crippen LogP contribution in [-0.2, 0) is 15.7 Å². The van der Waals surface area contributed by atoms with E-state index in [1.165, 1.54) is 0 Å². The first-order chi connectivity index (χ1) is 14.8. The van der Waals surface area contributed by atoms with E-state index in [2.05, 4.69) is 15.3 Å². The second kappa shape index (κ2) is 11.1. The second-order valence-electron chi connectivity index (χ2n) is 8.80. The maximum absolute atomic E-state index is 12.6. The van der Waals surface area contributed by atoms with Crippen molar-refractivity contribution in [3.05, 3.63) is 18.0 Å². The number of ether oxygens (including phenoxy) is 2. The van der Waals surface area contributed by atoms with Gasteiger partial charge in [-0.2, -0.15) is 13.2 Å². The third-order valence-corrected chi connectivity index (χ3v) is 4.53. The molecule has 0 saturated carbocycles. The van der Waals surface area contributed by atoms with Gasteiger partial charge in [0.2, 0.25) is 5.95 Å². The summed E-state index contributed by atoms with van der Waals surface area (Å²) in [6.07, 6.45) is -4.12. The lowest BCUT2D eigenvalue weighted by Gasteiger charge is -2.35. The van der Waals surface area contributed by atoms with Gasteiger partial charge in [0.1, 0.15) is 5.60 Å². The second-order valence-corrected chi connectivity index (χ2v) is 8.80. The molecule has 1 fully saturated rings. The molecular weight excluding hydrogens is 431 g/mol. The minimum absolute atomic E-state index is 0.114. The van der Waals surface area contributed by atoms with Crippen molar-refractivity contribution < 1.29 is 32.5 Å². The number of β-amino-alcohol motifs (C(OH)–C–C–N with tert-alkyl or cyclic N) is 1. The van der Waals surface area contributed by atoms with Gasteiger partial charge in [0.25, 0.3) is 0 Å². The molecule has 182 valence electrons. The number of nitrogens with one attached hydrogen (secondary N) is 1. The Bertz CT molecular complexity index is 719. The molecule has 0 bridgehead atoms. The van der Waals surface area contributed by atoms with Gasteiger partial charge in [-0.3, -0.25) is 4.90 Å². The van der Waals surface area contributed by atoms with Crippen molar-refractivity contribution in [1.29, 1.82) is 0 Å². The number of halogens is 3. The fourth-order valence-electron chi connectivity index (χ4n) is 3.04. The van der Waals surface area contributed by atoms with Crippen molar-refractivity contribution in [2.45, 2.75) is 51.6 Å². The molecule has 1 aliphatic heterocycles. The molecule has 9 nitrogen and oxygen atoms in total. The van der Waals surface area contributed by atoms with E-state index in [0.717, 1.165) is 12.4 Å². The Morgan fingerprint density at radius 2 is 1.75 bits per heavy atom. The maximum atomic E-state index is 12.6. The zero-order valence-electron chi connectivity index (χ0n) is 18.9. The highest BCUT2D eigenvalue weighted by molar-refractivity contribution is 5.68. The number of carbonyl (C=O) groups excluding carboxylic acids is 1. The number of hydrogen-bond acceptors (Lipinski definition) is 8. The number of alkyl halides is 3. The molecule has 2 heterocycles. The molecule has 0 spiro atoms. The van der Waals surface area contributed by atoms with E-state index in [-0.39, 0.29) is 25.2 Å². The van der Waals surface area contributed by atoms with Crippen molar-refractivity contribution in [2.24, 2.45) is 0 Å². The Kier molecular flexibility index (Phi) is 9.05. The number of carbonyl (C=O) groups is 1. The monoisotopic (exact) mass is 463 g/mol. The summed E-state index contributed by atoms with van der Waals surface area (Å²) in [5, 5.41) is 12.9. The number of aliphatic hydroxyl groups excluding tert-OH is 1. The van der Waals surface area contributed by atoms with Crippen LogP contribution >= 0.6 is 0 Å². The van der Waals surface area contributed by atoms with Crippen LogP contribution < -0.4 is 10.2 Å². The minimum atomic E-state index is -4.46. The number of nitrogens with zero attached hydrogens (tertiary/aromatic N) is 4. The van der Waals surface area contributed by atoms with E-state index in [0.29, 0.717) is 32.7 Å². The topological polar surface area (TPSA) is 100 Å². The van der Waals surface area contributed by atoms with E-state index < -0.39 is 29.5 Å². The van der Waals surface area contributed by atoms with E-state index in [9.17, 15) is 23.1 Å². The normalized spacial score (nSPS) is 17.7. The Labute approximate surface area is 185 Å². The zero-order chi connectivity index (χ0) is 23.9. The van der Waals surface area contributed by atoms with Crippen LogP contribution in [0.2, 0.25) is 0 Å². The Hall–Kier alpha value is -2.18. The summed E-state index contributed by atoms with van der Waals surface area (Å²) in [6.45, 7) is 10.1. The number of rotatable bonds is 8. The molecule has 1 saturated heterocycles. The summed E-state index contributed by atoms with van der Waals surface area (Å²) < 4.78 is 48.5. The fourth-order valence-corrected chi connectivity index (χ4v) is 3.04. The van der Waals surface area contributed by atoms with E-state index in [1.54, 1.807) is 27.7 Å². The molecule has 0 aromatic carbocycles. The summed E-state index contributed by atoms with van der Waals surface area (Å²) in [7, 11) is 0. The van der Waals surface area contributed by atoms with Gasteiger partial charge in [0.05, 0.1) is 30.9 Å². The van der Waals surface area contributed by atoms with Crippen LogP contribution in [0, 0.1) is 0 Å². The Morgan fingerprint density at radius 3 is 2.28 bits per heavy atom. The molecule has 2 rings (SSSR count). The van der Waals surface area contributed by atoms with Crippen molar-refractivity contribution >= 4 is 12.0 Å². The molecule has 0 radical (unpaired) electrons. The van der Waals surface area contributed by atoms with Crippen LogP contribution in [-0.4, -0.2) is 89.8 Å². The molecule has 32 heavy (non-hydrogen) atoms. The van der Waals surface area contributed by atoms with Crippen molar-refractivity contribution in [3.8, 4) is 0 Å². The average Bonchev–Trinajstić information content (AvgIpc) is 2.66. The van der Waals surface area contributed by atoms with Gasteiger partial charge < -0.3 is 24.8 Å². The lowest BCUT2D eigenvalue weighted by Crippen LogP contribution is -2.49. The molecule has 1 aromatic heterocycles. The molecule has 1 aliphatic rings. The fraction of sp³-hybridized carbons (Fsp3) is 0.750. The van der Waals surface area contributed by atoms with E-state index in [4.69, 9.17) is 9.47 Å². The molecule has 0 aliphatic carbocycles. The highest BCUT2D eigenvalue weighted by atomic mass is 19.4. The molecule has 1 aromatic rings. The number of aromatic nitrogens is 2. The predicted molar refractivity (Wildman–Crippen MR) is 111 cm³/mol. The highest BCUT2D eigenvalue weighted by Crippen LogP contribution is 2.28. The van der Waals surface area contributed by atoms with Gasteiger partial charge in [0, 0.05) is 45.1 Å². The van der Waals surface area contributed by atoms with Crippen molar-refractivity contribution in [2.75, 3.05) is 50.8 Å². The number of amides is 1. The highest BCUT2D eigenvalue weighted by Gasteiger charge is 2.32. The number of anilines is 1. The van der Waals surface area contributed by atoms with Crippen LogP contribution in [0.15, 0.2) is 12.4 Å². The zero-order valence-corrected chi connectivity index (χ0v) is 18.9. The Morgan fingerprint density at radius 1 is 1.16 bits per heavy atom. The van der Waals surface area contributed by atoms with Crippen LogP contribution in [0.25, 0.3) is 0 Å². The van der Waals surface area contributed by atoms with Gasteiger partial charge in [-0.05, 0) is 27.7 Å². The molecule has 12 heteroatoms. The van der Waals surface area contributed by atoms with Crippen molar-refractivity contribution in [1.82, 2.24) is 20.2 Å². The first-order valence-corrected chi connectivity index (χ1v) is 10.5. The third-order valence-electron chi connectivity index (χ3n) is 4.53. The number of hydrogen-bond donors (Lipinski definition) is 2. The lowest BCUT2D eigenvalue weighted by atomic mass is 10.2. The molecule has 2 N–H and O–H groups in total. The maximum Gasteiger partial charge on any atom is 0.419 e. The summed E-state index contributed by atoms with van der Waals surface area (Å²) in [6, 6.07) is -0.274. The summed E-state index contributed by atoms with van der Waals surface area (Å²) in [5.41, 5.74) is -1.46. The van der Waals surface area contributed by atoms with E-state index >= 15 is 0 Å². The summed E-state index contributed by atoms with van der Waals surface area (Å²) >= 11 is 0. The molecular formula is C20H32F3N5O4. The quantitative estimate of drug-likeness (QED) is 0.603. The smallest absolute Gasteiger partial charge is 0.419 e. The molecule has 1 amide bonds. The number of alkyl carbamates (subject to hydrolysis) is 1. The SMILES string of the molecule is C[C@@H](COCC(O)CN1CCN(c2ncc(C(F)(F)F)cn2)CC1)NC(=O)OC(C)(C)C. The largest absolute Gasteiger partial charge is 0.444 e.